The first kappa shape index (κ1) is 64.9. The number of nitrogens with one attached hydrogen (secondary N) is 1. The molecule has 1 rings (SSSR count). The SMILES string of the molecule is CC/C=C\C/C=C\C/C=C\C/C=C\C/C=C\C/C=C\CCCCCCCCCCCCC(=O)NC(COC1OC(CO)C(O)C(O)C1O)C(O)/C=C/CC/C=C/CC/C=C/CCCCCCCCCC. The summed E-state index contributed by atoms with van der Waals surface area (Å²) in [5.74, 6) is -0.200. The predicted molar refractivity (Wildman–Crippen MR) is 294 cm³/mol. The number of ether oxygens (including phenoxy) is 2. The highest BCUT2D eigenvalue weighted by Crippen LogP contribution is 2.23. The van der Waals surface area contributed by atoms with Crippen LogP contribution in [0, 0.1) is 0 Å². The molecule has 70 heavy (non-hydrogen) atoms. The van der Waals surface area contributed by atoms with Gasteiger partial charge in [0.2, 0.25) is 5.91 Å². The molecule has 1 heterocycles. The first-order valence-electron chi connectivity index (χ1n) is 28.1. The first-order valence-corrected chi connectivity index (χ1v) is 28.1. The Kier molecular flexibility index (Phi) is 45.8. The van der Waals surface area contributed by atoms with Gasteiger partial charge in [-0.3, -0.25) is 4.79 Å². The summed E-state index contributed by atoms with van der Waals surface area (Å²) in [5, 5.41) is 54.4. The van der Waals surface area contributed by atoms with Gasteiger partial charge in [0.25, 0.3) is 0 Å². The number of rotatable bonds is 46. The largest absolute Gasteiger partial charge is 0.394 e. The van der Waals surface area contributed by atoms with E-state index in [4.69, 9.17) is 9.47 Å². The fourth-order valence-corrected chi connectivity index (χ4v) is 8.13. The Balaban J connectivity index is 2.27. The summed E-state index contributed by atoms with van der Waals surface area (Å²) in [6.07, 6.45) is 65.7. The van der Waals surface area contributed by atoms with Crippen molar-refractivity contribution in [2.75, 3.05) is 13.2 Å². The smallest absolute Gasteiger partial charge is 0.220 e. The maximum absolute atomic E-state index is 13.0. The number of amides is 1. The Morgan fingerprint density at radius 1 is 0.500 bits per heavy atom. The molecule has 0 saturated carbocycles. The molecule has 0 spiro atoms. The van der Waals surface area contributed by atoms with Gasteiger partial charge in [-0.15, -0.1) is 0 Å². The summed E-state index contributed by atoms with van der Waals surface area (Å²) in [7, 11) is 0. The van der Waals surface area contributed by atoms with Crippen LogP contribution in [0.1, 0.15) is 213 Å². The van der Waals surface area contributed by atoms with Crippen LogP contribution in [0.3, 0.4) is 0 Å². The third-order valence-corrected chi connectivity index (χ3v) is 12.6. The van der Waals surface area contributed by atoms with Crippen molar-refractivity contribution in [1.29, 1.82) is 0 Å². The van der Waals surface area contributed by atoms with Crippen molar-refractivity contribution in [3.8, 4) is 0 Å². The van der Waals surface area contributed by atoms with Gasteiger partial charge in [-0.2, -0.15) is 0 Å². The molecule has 0 aromatic heterocycles. The van der Waals surface area contributed by atoms with E-state index in [0.29, 0.717) is 6.42 Å². The van der Waals surface area contributed by atoms with E-state index >= 15 is 0 Å². The highest BCUT2D eigenvalue weighted by Gasteiger charge is 2.44. The fraction of sp³-hybridized carbons (Fsp3) is 0.689. The Labute approximate surface area is 427 Å². The molecule has 1 fully saturated rings. The third-order valence-electron chi connectivity index (χ3n) is 12.6. The summed E-state index contributed by atoms with van der Waals surface area (Å²) in [5.41, 5.74) is 0. The van der Waals surface area contributed by atoms with Crippen molar-refractivity contribution >= 4 is 5.91 Å². The Hall–Kier alpha value is -3.15. The second-order valence-corrected chi connectivity index (χ2v) is 19.0. The summed E-state index contributed by atoms with van der Waals surface area (Å²) < 4.78 is 11.2. The zero-order chi connectivity index (χ0) is 50.8. The summed E-state index contributed by atoms with van der Waals surface area (Å²) in [6, 6.07) is -0.838. The monoisotopic (exact) mass is 978 g/mol. The fourth-order valence-electron chi connectivity index (χ4n) is 8.13. The molecule has 0 aliphatic carbocycles. The third kappa shape index (κ3) is 38.5. The molecule has 9 nitrogen and oxygen atoms in total. The molecule has 1 amide bonds. The van der Waals surface area contributed by atoms with E-state index in [1.807, 2.05) is 6.08 Å². The Morgan fingerprint density at radius 3 is 1.37 bits per heavy atom. The van der Waals surface area contributed by atoms with Crippen molar-refractivity contribution in [1.82, 2.24) is 5.32 Å². The number of aliphatic hydroxyl groups excluding tert-OH is 5. The highest BCUT2D eigenvalue weighted by atomic mass is 16.7. The highest BCUT2D eigenvalue weighted by molar-refractivity contribution is 5.76. The maximum Gasteiger partial charge on any atom is 0.220 e. The minimum atomic E-state index is -1.58. The van der Waals surface area contributed by atoms with Crippen LogP contribution >= 0.6 is 0 Å². The van der Waals surface area contributed by atoms with Crippen LogP contribution in [0.5, 0.6) is 0 Å². The van der Waals surface area contributed by atoms with Crippen LogP contribution < -0.4 is 5.32 Å². The van der Waals surface area contributed by atoms with Crippen LogP contribution in [-0.2, 0) is 14.3 Å². The molecule has 7 unspecified atom stereocenters. The molecule has 7 atom stereocenters. The van der Waals surface area contributed by atoms with E-state index in [1.165, 1.54) is 89.9 Å². The quantitative estimate of drug-likeness (QED) is 0.0261. The number of aliphatic hydroxyl groups is 5. The van der Waals surface area contributed by atoms with Gasteiger partial charge in [0.1, 0.15) is 24.4 Å². The molecule has 1 aliphatic heterocycles. The Morgan fingerprint density at radius 2 is 0.900 bits per heavy atom. The number of unbranched alkanes of at least 4 members (excludes halogenated alkanes) is 20. The number of hydrogen-bond donors (Lipinski definition) is 6. The lowest BCUT2D eigenvalue weighted by atomic mass is 9.99. The van der Waals surface area contributed by atoms with E-state index < -0.39 is 49.5 Å². The average Bonchev–Trinajstić information content (AvgIpc) is 3.36. The number of hydrogen-bond acceptors (Lipinski definition) is 8. The van der Waals surface area contributed by atoms with E-state index in [-0.39, 0.29) is 12.5 Å². The van der Waals surface area contributed by atoms with Gasteiger partial charge < -0.3 is 40.3 Å². The van der Waals surface area contributed by atoms with E-state index in [9.17, 15) is 30.3 Å². The lowest BCUT2D eigenvalue weighted by molar-refractivity contribution is -0.302. The topological polar surface area (TPSA) is 149 Å². The predicted octanol–water partition coefficient (Wildman–Crippen LogP) is 13.8. The minimum Gasteiger partial charge on any atom is -0.394 e. The van der Waals surface area contributed by atoms with E-state index in [0.717, 1.165) is 103 Å². The second-order valence-electron chi connectivity index (χ2n) is 19.0. The zero-order valence-electron chi connectivity index (χ0n) is 44.2. The average molecular weight is 978 g/mol. The summed E-state index contributed by atoms with van der Waals surface area (Å²) >= 11 is 0. The van der Waals surface area contributed by atoms with Gasteiger partial charge in [0, 0.05) is 6.42 Å². The minimum absolute atomic E-state index is 0.200. The molecule has 9 heteroatoms. The normalized spacial score (nSPS) is 20.2. The van der Waals surface area contributed by atoms with Crippen LogP contribution in [-0.4, -0.2) is 87.5 Å². The molecular formula is C61H103NO8. The molecule has 0 aromatic carbocycles. The van der Waals surface area contributed by atoms with Crippen molar-refractivity contribution in [2.24, 2.45) is 0 Å². The molecule has 1 aliphatic rings. The molecule has 400 valence electrons. The molecule has 1 saturated heterocycles. The first-order chi connectivity index (χ1) is 34.3. The summed E-state index contributed by atoms with van der Waals surface area (Å²) in [4.78, 5) is 13.0. The molecule has 0 aromatic rings. The van der Waals surface area contributed by atoms with Gasteiger partial charge in [-0.05, 0) is 96.3 Å². The van der Waals surface area contributed by atoms with E-state index in [2.05, 4.69) is 116 Å². The lowest BCUT2D eigenvalue weighted by Gasteiger charge is -2.40. The van der Waals surface area contributed by atoms with Crippen molar-refractivity contribution in [2.45, 2.75) is 256 Å². The van der Waals surface area contributed by atoms with Crippen LogP contribution in [0.4, 0.5) is 0 Å². The van der Waals surface area contributed by atoms with Crippen LogP contribution in [0.15, 0.2) is 109 Å². The van der Waals surface area contributed by atoms with Crippen molar-refractivity contribution in [3.05, 3.63) is 109 Å². The standard InChI is InChI=1S/C61H103NO8/c1-3-5-7-9-11-13-15-17-19-21-23-24-25-26-27-28-29-30-31-32-33-35-37-39-41-43-45-47-49-51-57(65)62-54(53-69-61-60(68)59(67)58(66)56(52-63)70-61)55(64)50-48-46-44-42-40-38-36-34-22-20-18-16-14-12-10-8-6-4-2/h5,7,11,13,17,19,22-24,26-27,29-30,34,40,42,48,50,54-56,58-61,63-64,66-68H,3-4,6,8-10,12,14-16,18,20-21,25,28,31-33,35-39,41,43-47,49,51-53H2,1-2H3,(H,62,65)/b7-5-,13-11-,19-17-,24-23-,27-26-,30-29-,34-22+,42-40+,50-48+. The van der Waals surface area contributed by atoms with Crippen molar-refractivity contribution < 1.29 is 39.8 Å². The van der Waals surface area contributed by atoms with Gasteiger partial charge in [0.15, 0.2) is 6.29 Å². The van der Waals surface area contributed by atoms with Gasteiger partial charge >= 0.3 is 0 Å². The molecule has 6 N–H and O–H groups in total. The molecule has 0 bridgehead atoms. The number of allylic oxidation sites excluding steroid dienone is 17. The second kappa shape index (κ2) is 49.4. The van der Waals surface area contributed by atoms with E-state index in [1.54, 1.807) is 6.08 Å². The summed E-state index contributed by atoms with van der Waals surface area (Å²) in [6.45, 7) is 3.63. The Bertz CT molecular complexity index is 1460. The van der Waals surface area contributed by atoms with Gasteiger partial charge in [-0.1, -0.05) is 220 Å². The van der Waals surface area contributed by atoms with Crippen LogP contribution in [0.25, 0.3) is 0 Å². The molecular weight excluding hydrogens is 875 g/mol. The van der Waals surface area contributed by atoms with Crippen molar-refractivity contribution in [3.63, 3.8) is 0 Å². The van der Waals surface area contributed by atoms with Gasteiger partial charge in [0.05, 0.1) is 25.4 Å². The van der Waals surface area contributed by atoms with Gasteiger partial charge in [-0.25, -0.2) is 0 Å². The van der Waals surface area contributed by atoms with Crippen LogP contribution in [0.2, 0.25) is 0 Å². The zero-order valence-corrected chi connectivity index (χ0v) is 44.2. The lowest BCUT2D eigenvalue weighted by Crippen LogP contribution is -2.60. The number of carbonyl (C=O) groups excluding carboxylic acids is 1. The number of carbonyl (C=O) groups is 1. The maximum atomic E-state index is 13.0. The molecule has 0 radical (unpaired) electrons.